The highest BCUT2D eigenvalue weighted by atomic mass is 16.5. The summed E-state index contributed by atoms with van der Waals surface area (Å²) in [6.07, 6.45) is 3.18. The summed E-state index contributed by atoms with van der Waals surface area (Å²) in [7, 11) is 0. The normalized spacial score (nSPS) is 30.1. The predicted octanol–water partition coefficient (Wildman–Crippen LogP) is 2.73. The van der Waals surface area contributed by atoms with Crippen LogP contribution in [0.15, 0.2) is 0 Å². The highest BCUT2D eigenvalue weighted by molar-refractivity contribution is 5.75. The van der Waals surface area contributed by atoms with Crippen molar-refractivity contribution in [2.45, 2.75) is 66.0 Å². The van der Waals surface area contributed by atoms with Crippen molar-refractivity contribution in [2.24, 2.45) is 23.0 Å². The minimum atomic E-state index is -0.490. The van der Waals surface area contributed by atoms with Crippen LogP contribution in [0.4, 0.5) is 0 Å². The van der Waals surface area contributed by atoms with Gasteiger partial charge >= 0.3 is 5.97 Å². The van der Waals surface area contributed by atoms with Crippen LogP contribution in [0.1, 0.15) is 53.9 Å². The van der Waals surface area contributed by atoms with E-state index in [0.29, 0.717) is 5.92 Å². The fourth-order valence-corrected chi connectivity index (χ4v) is 2.86. The lowest BCUT2D eigenvalue weighted by Crippen LogP contribution is -2.41. The van der Waals surface area contributed by atoms with Gasteiger partial charge in [0.05, 0.1) is 0 Å². The van der Waals surface area contributed by atoms with Gasteiger partial charge in [0.1, 0.15) is 12.1 Å². The fourth-order valence-electron chi connectivity index (χ4n) is 2.86. The van der Waals surface area contributed by atoms with Crippen LogP contribution in [-0.2, 0) is 9.53 Å². The Morgan fingerprint density at radius 2 is 1.94 bits per heavy atom. The van der Waals surface area contributed by atoms with Crippen molar-refractivity contribution in [1.29, 1.82) is 0 Å². The highest BCUT2D eigenvalue weighted by Crippen LogP contribution is 2.39. The van der Waals surface area contributed by atoms with Crippen molar-refractivity contribution < 1.29 is 9.53 Å². The van der Waals surface area contributed by atoms with Gasteiger partial charge in [-0.15, -0.1) is 0 Å². The topological polar surface area (TPSA) is 52.3 Å². The maximum atomic E-state index is 11.8. The maximum Gasteiger partial charge on any atom is 0.323 e. The number of hydrogen-bond acceptors (Lipinski definition) is 3. The van der Waals surface area contributed by atoms with E-state index in [1.807, 2.05) is 13.8 Å². The second kappa shape index (κ2) is 5.38. The van der Waals surface area contributed by atoms with Crippen molar-refractivity contribution in [3.63, 3.8) is 0 Å². The summed E-state index contributed by atoms with van der Waals surface area (Å²) >= 11 is 0. The summed E-state index contributed by atoms with van der Waals surface area (Å²) in [6, 6.07) is -0.490. The summed E-state index contributed by atoms with van der Waals surface area (Å²) in [5.41, 5.74) is 6.07. The van der Waals surface area contributed by atoms with E-state index in [1.54, 1.807) is 0 Å². The Balaban J connectivity index is 2.54. The first-order valence-electron chi connectivity index (χ1n) is 6.67. The SMILES string of the molecule is CC1CC(OC(=O)[C@@H](N)C(C)C)CC(C)(C)C1. The van der Waals surface area contributed by atoms with Gasteiger partial charge in [0, 0.05) is 0 Å². The van der Waals surface area contributed by atoms with Gasteiger partial charge in [0.2, 0.25) is 0 Å². The first-order chi connectivity index (χ1) is 7.71. The molecular weight excluding hydrogens is 214 g/mol. The number of hydrogen-bond donors (Lipinski definition) is 1. The molecule has 0 radical (unpaired) electrons. The number of carbonyl (C=O) groups excluding carboxylic acids is 1. The molecule has 1 rings (SSSR count). The molecule has 0 spiro atoms. The average molecular weight is 241 g/mol. The molecular formula is C14H27NO2. The minimum Gasteiger partial charge on any atom is -0.461 e. The molecule has 0 amide bonds. The van der Waals surface area contributed by atoms with Gasteiger partial charge in [0.25, 0.3) is 0 Å². The largest absolute Gasteiger partial charge is 0.461 e. The number of rotatable bonds is 3. The summed E-state index contributed by atoms with van der Waals surface area (Å²) in [5, 5.41) is 0. The van der Waals surface area contributed by atoms with E-state index in [4.69, 9.17) is 10.5 Å². The van der Waals surface area contributed by atoms with Crippen LogP contribution in [0.2, 0.25) is 0 Å². The predicted molar refractivity (Wildman–Crippen MR) is 69.5 cm³/mol. The van der Waals surface area contributed by atoms with Gasteiger partial charge in [-0.3, -0.25) is 4.79 Å². The molecule has 0 aromatic heterocycles. The zero-order valence-electron chi connectivity index (χ0n) is 11.8. The number of nitrogens with two attached hydrogens (primary N) is 1. The Kier molecular flexibility index (Phi) is 4.59. The lowest BCUT2D eigenvalue weighted by molar-refractivity contribution is -0.156. The first-order valence-corrected chi connectivity index (χ1v) is 6.67. The second-order valence-electron chi connectivity index (χ2n) is 6.74. The summed E-state index contributed by atoms with van der Waals surface area (Å²) < 4.78 is 5.56. The van der Waals surface area contributed by atoms with Gasteiger partial charge in [-0.05, 0) is 36.5 Å². The van der Waals surface area contributed by atoms with E-state index in [-0.39, 0.29) is 23.4 Å². The molecule has 2 unspecified atom stereocenters. The Morgan fingerprint density at radius 3 is 2.41 bits per heavy atom. The highest BCUT2D eigenvalue weighted by Gasteiger charge is 2.34. The Hall–Kier alpha value is -0.570. The van der Waals surface area contributed by atoms with Gasteiger partial charge in [-0.2, -0.15) is 0 Å². The Morgan fingerprint density at radius 1 is 1.35 bits per heavy atom. The van der Waals surface area contributed by atoms with Crippen LogP contribution in [0.3, 0.4) is 0 Å². The number of esters is 1. The van der Waals surface area contributed by atoms with Crippen LogP contribution >= 0.6 is 0 Å². The second-order valence-corrected chi connectivity index (χ2v) is 6.74. The van der Waals surface area contributed by atoms with E-state index in [0.717, 1.165) is 12.8 Å². The smallest absolute Gasteiger partial charge is 0.323 e. The Bertz CT molecular complexity index is 273. The van der Waals surface area contributed by atoms with Crippen LogP contribution in [0.5, 0.6) is 0 Å². The molecule has 1 aliphatic carbocycles. The first kappa shape index (κ1) is 14.5. The molecule has 0 aromatic carbocycles. The molecule has 1 fully saturated rings. The van der Waals surface area contributed by atoms with Crippen LogP contribution in [-0.4, -0.2) is 18.1 Å². The molecule has 17 heavy (non-hydrogen) atoms. The molecule has 3 heteroatoms. The lowest BCUT2D eigenvalue weighted by Gasteiger charge is -2.38. The van der Waals surface area contributed by atoms with Crippen molar-refractivity contribution in [1.82, 2.24) is 0 Å². The third-order valence-corrected chi connectivity index (χ3v) is 3.62. The molecule has 100 valence electrons. The summed E-state index contributed by atoms with van der Waals surface area (Å²) in [4.78, 5) is 11.8. The Labute approximate surface area is 105 Å². The quantitative estimate of drug-likeness (QED) is 0.773. The van der Waals surface area contributed by atoms with E-state index < -0.39 is 6.04 Å². The molecule has 3 nitrogen and oxygen atoms in total. The van der Waals surface area contributed by atoms with Gasteiger partial charge in [-0.25, -0.2) is 0 Å². The monoisotopic (exact) mass is 241 g/mol. The van der Waals surface area contributed by atoms with Crippen LogP contribution in [0.25, 0.3) is 0 Å². The lowest BCUT2D eigenvalue weighted by atomic mass is 9.71. The molecule has 1 aliphatic rings. The molecule has 0 bridgehead atoms. The van der Waals surface area contributed by atoms with Gasteiger partial charge in [0.15, 0.2) is 0 Å². The number of carbonyl (C=O) groups is 1. The van der Waals surface area contributed by atoms with E-state index in [1.165, 1.54) is 6.42 Å². The van der Waals surface area contributed by atoms with Crippen LogP contribution in [0, 0.1) is 17.3 Å². The van der Waals surface area contributed by atoms with Crippen molar-refractivity contribution in [2.75, 3.05) is 0 Å². The maximum absolute atomic E-state index is 11.8. The van der Waals surface area contributed by atoms with Crippen molar-refractivity contribution in [3.8, 4) is 0 Å². The summed E-state index contributed by atoms with van der Waals surface area (Å²) in [6.45, 7) is 10.6. The summed E-state index contributed by atoms with van der Waals surface area (Å²) in [5.74, 6) is 0.512. The fraction of sp³-hybridized carbons (Fsp3) is 0.929. The van der Waals surface area contributed by atoms with Crippen molar-refractivity contribution >= 4 is 5.97 Å². The van der Waals surface area contributed by atoms with E-state index >= 15 is 0 Å². The van der Waals surface area contributed by atoms with Gasteiger partial charge < -0.3 is 10.5 Å². The third-order valence-electron chi connectivity index (χ3n) is 3.62. The molecule has 0 heterocycles. The molecule has 0 saturated heterocycles. The zero-order valence-corrected chi connectivity index (χ0v) is 11.8. The zero-order chi connectivity index (χ0) is 13.2. The average Bonchev–Trinajstić information content (AvgIpc) is 2.12. The molecule has 2 N–H and O–H groups in total. The van der Waals surface area contributed by atoms with E-state index in [9.17, 15) is 4.79 Å². The third kappa shape index (κ3) is 4.30. The standard InChI is InChI=1S/C14H27NO2/c1-9(2)12(15)13(16)17-11-6-10(3)7-14(4,5)8-11/h9-12H,6-8,15H2,1-5H3/t10?,11?,12-/m0/s1. The molecule has 3 atom stereocenters. The van der Waals surface area contributed by atoms with Crippen molar-refractivity contribution in [3.05, 3.63) is 0 Å². The van der Waals surface area contributed by atoms with Crippen LogP contribution < -0.4 is 5.73 Å². The van der Waals surface area contributed by atoms with E-state index in [2.05, 4.69) is 20.8 Å². The molecule has 0 aromatic rings. The van der Waals surface area contributed by atoms with Gasteiger partial charge in [-0.1, -0.05) is 34.6 Å². The molecule has 1 saturated carbocycles. The minimum absolute atomic E-state index is 0.0473. The molecule has 0 aliphatic heterocycles. The number of ether oxygens (including phenoxy) is 1.